The number of para-hydroxylation sites is 1. The monoisotopic (exact) mass is 494 g/mol. The maximum Gasteiger partial charge on any atom is 0.330 e. The minimum atomic E-state index is -4.43. The van der Waals surface area contributed by atoms with Gasteiger partial charge in [0.25, 0.3) is 21.3 Å². The van der Waals surface area contributed by atoms with Crippen LogP contribution in [0.4, 0.5) is 15.8 Å². The van der Waals surface area contributed by atoms with Crippen LogP contribution >= 0.6 is 0 Å². The van der Waals surface area contributed by atoms with Crippen molar-refractivity contribution in [2.45, 2.75) is 17.7 Å². The smallest absolute Gasteiger partial charge is 0.330 e. The number of hydrogen-bond donors (Lipinski definition) is 2. The van der Waals surface area contributed by atoms with Gasteiger partial charge in [0.1, 0.15) is 0 Å². The van der Waals surface area contributed by atoms with Crippen molar-refractivity contribution in [2.75, 3.05) is 18.0 Å². The van der Waals surface area contributed by atoms with Crippen LogP contribution in [0, 0.1) is 15.9 Å². The van der Waals surface area contributed by atoms with E-state index in [1.54, 1.807) is 11.1 Å². The highest BCUT2D eigenvalue weighted by molar-refractivity contribution is 7.92. The van der Waals surface area contributed by atoms with Gasteiger partial charge in [0.2, 0.25) is 5.82 Å². The number of nitrogens with zero attached hydrogens (tertiary/aromatic N) is 3. The first-order chi connectivity index (χ1) is 16.1. The van der Waals surface area contributed by atoms with Crippen LogP contribution in [0.25, 0.3) is 0 Å². The molecule has 0 spiro atoms. The number of non-ortho nitro benzene ring substituents is 1. The van der Waals surface area contributed by atoms with E-state index in [2.05, 4.69) is 0 Å². The molecule has 0 aliphatic heterocycles. The van der Waals surface area contributed by atoms with Crippen LogP contribution in [-0.4, -0.2) is 41.7 Å². The van der Waals surface area contributed by atoms with Gasteiger partial charge in [0.15, 0.2) is 6.23 Å². The molecule has 3 rings (SSSR count). The van der Waals surface area contributed by atoms with Gasteiger partial charge in [-0.2, -0.15) is 4.39 Å². The second kappa shape index (κ2) is 9.94. The second-order valence-corrected chi connectivity index (χ2v) is 8.77. The number of aliphatic hydroxyl groups excluding tert-OH is 1. The predicted molar refractivity (Wildman–Crippen MR) is 117 cm³/mol. The second-order valence-electron chi connectivity index (χ2n) is 6.91. The summed E-state index contributed by atoms with van der Waals surface area (Å²) in [5.74, 6) is -1.29. The van der Waals surface area contributed by atoms with Crippen LogP contribution in [-0.2, 0) is 21.4 Å². The average Bonchev–Trinajstić information content (AvgIpc) is 2.82. The lowest BCUT2D eigenvalue weighted by molar-refractivity contribution is -0.384. The summed E-state index contributed by atoms with van der Waals surface area (Å²) < 4.78 is 47.7. The number of methoxy groups -OCH3 is 1. The van der Waals surface area contributed by atoms with Gasteiger partial charge in [-0.1, -0.05) is 18.2 Å². The number of H-pyrrole nitrogens is 1. The quantitative estimate of drug-likeness (QED) is 0.330. The van der Waals surface area contributed by atoms with E-state index in [0.29, 0.717) is 10.8 Å². The summed E-state index contributed by atoms with van der Waals surface area (Å²) in [4.78, 5) is 35.3. The van der Waals surface area contributed by atoms with Crippen molar-refractivity contribution in [3.05, 3.63) is 97.1 Å². The van der Waals surface area contributed by atoms with Crippen molar-refractivity contribution in [1.82, 2.24) is 9.55 Å². The lowest BCUT2D eigenvalue weighted by atomic mass is 10.2. The van der Waals surface area contributed by atoms with E-state index in [9.17, 15) is 37.6 Å². The first-order valence-electron chi connectivity index (χ1n) is 9.60. The van der Waals surface area contributed by atoms with E-state index in [1.165, 1.54) is 18.2 Å². The Morgan fingerprint density at radius 2 is 1.85 bits per heavy atom. The lowest BCUT2D eigenvalue weighted by Gasteiger charge is -2.30. The molecule has 180 valence electrons. The third-order valence-corrected chi connectivity index (χ3v) is 6.69. The number of hydrogen-bond acceptors (Lipinski definition) is 8. The first-order valence-corrected chi connectivity index (χ1v) is 11.0. The number of nitro groups is 1. The topological polar surface area (TPSA) is 165 Å². The fourth-order valence-electron chi connectivity index (χ4n) is 3.17. The summed E-state index contributed by atoms with van der Waals surface area (Å²) in [7, 11) is -3.29. The van der Waals surface area contributed by atoms with E-state index >= 15 is 0 Å². The molecule has 1 heterocycles. The summed E-state index contributed by atoms with van der Waals surface area (Å²) in [6.45, 7) is -1.12. The number of aromatic amines is 1. The Balaban J connectivity index is 2.16. The van der Waals surface area contributed by atoms with Crippen molar-refractivity contribution >= 4 is 21.4 Å². The molecule has 0 saturated heterocycles. The van der Waals surface area contributed by atoms with Crippen LogP contribution in [0.15, 0.2) is 69.2 Å². The van der Waals surface area contributed by atoms with Crippen molar-refractivity contribution in [3.63, 3.8) is 0 Å². The van der Waals surface area contributed by atoms with Crippen LogP contribution in [0.3, 0.4) is 0 Å². The number of nitro benzene ring substituents is 1. The Labute approximate surface area is 191 Å². The van der Waals surface area contributed by atoms with Gasteiger partial charge < -0.3 is 9.84 Å². The standard InChI is InChI=1S/C20H19FN4O8S/c1-33-18(23-10-16(21)19(27)22-20(23)28)11-24(17-5-3-2-4-13(17)12-26)34(31,32)15-8-6-14(7-9-15)25(29)30/h2-10,18,26H,11-12H2,1H3,(H,22,27,28). The molecular formula is C20H19FN4O8S. The van der Waals surface area contributed by atoms with E-state index in [1.807, 2.05) is 0 Å². The van der Waals surface area contributed by atoms with Crippen LogP contribution in [0.1, 0.15) is 11.8 Å². The molecule has 1 unspecified atom stereocenters. The van der Waals surface area contributed by atoms with Crippen molar-refractivity contribution in [2.24, 2.45) is 0 Å². The van der Waals surface area contributed by atoms with E-state index < -0.39 is 51.4 Å². The van der Waals surface area contributed by atoms with Gasteiger partial charge in [-0.3, -0.25) is 28.8 Å². The molecule has 2 aromatic carbocycles. The Morgan fingerprint density at radius 1 is 1.21 bits per heavy atom. The minimum absolute atomic E-state index is 0.0309. The predicted octanol–water partition coefficient (Wildman–Crippen LogP) is 1.12. The summed E-state index contributed by atoms with van der Waals surface area (Å²) in [5.41, 5.74) is -2.38. The van der Waals surface area contributed by atoms with E-state index in [4.69, 9.17) is 4.74 Å². The Kier molecular flexibility index (Phi) is 7.24. The molecule has 0 aliphatic rings. The number of anilines is 1. The minimum Gasteiger partial charge on any atom is -0.392 e. The highest BCUT2D eigenvalue weighted by Crippen LogP contribution is 2.30. The number of benzene rings is 2. The Hall–Kier alpha value is -3.88. The summed E-state index contributed by atoms with van der Waals surface area (Å²) in [6, 6.07) is 10.1. The molecule has 3 aromatic rings. The molecule has 2 N–H and O–H groups in total. The molecule has 0 amide bonds. The van der Waals surface area contributed by atoms with E-state index in [0.717, 1.165) is 35.7 Å². The summed E-state index contributed by atoms with van der Waals surface area (Å²) in [6.07, 6.45) is -0.817. The third-order valence-electron chi connectivity index (χ3n) is 4.89. The fraction of sp³-hybridized carbons (Fsp3) is 0.200. The number of rotatable bonds is 9. The lowest BCUT2D eigenvalue weighted by Crippen LogP contribution is -2.42. The zero-order chi connectivity index (χ0) is 25.0. The summed E-state index contributed by atoms with van der Waals surface area (Å²) >= 11 is 0. The highest BCUT2D eigenvalue weighted by atomic mass is 32.2. The summed E-state index contributed by atoms with van der Waals surface area (Å²) in [5, 5.41) is 20.7. The molecule has 0 fully saturated rings. The Bertz CT molecular complexity index is 1420. The molecule has 0 bridgehead atoms. The van der Waals surface area contributed by atoms with Gasteiger partial charge >= 0.3 is 5.69 Å². The number of sulfonamides is 1. The number of aliphatic hydroxyl groups is 1. The largest absolute Gasteiger partial charge is 0.392 e. The van der Waals surface area contributed by atoms with Crippen LogP contribution in [0.2, 0.25) is 0 Å². The maximum atomic E-state index is 13.9. The fourth-order valence-corrected chi connectivity index (χ4v) is 4.67. The zero-order valence-electron chi connectivity index (χ0n) is 17.6. The number of halogens is 1. The van der Waals surface area contributed by atoms with Gasteiger partial charge in [-0.15, -0.1) is 0 Å². The number of aromatic nitrogens is 2. The van der Waals surface area contributed by atoms with Crippen LogP contribution in [0.5, 0.6) is 0 Å². The van der Waals surface area contributed by atoms with Crippen LogP contribution < -0.4 is 15.6 Å². The molecule has 12 nitrogen and oxygen atoms in total. The molecule has 14 heteroatoms. The Morgan fingerprint density at radius 3 is 2.44 bits per heavy atom. The third kappa shape index (κ3) is 4.88. The zero-order valence-corrected chi connectivity index (χ0v) is 18.4. The maximum absolute atomic E-state index is 13.9. The van der Waals surface area contributed by atoms with Gasteiger partial charge in [0, 0.05) is 24.8 Å². The van der Waals surface area contributed by atoms with Crippen molar-refractivity contribution in [3.8, 4) is 0 Å². The molecule has 0 radical (unpaired) electrons. The SMILES string of the molecule is COC(CN(c1ccccc1CO)S(=O)(=O)c1ccc([N+](=O)[O-])cc1)n1cc(F)c(=O)[nH]c1=O. The highest BCUT2D eigenvalue weighted by Gasteiger charge is 2.31. The van der Waals surface area contributed by atoms with Crippen molar-refractivity contribution < 1.29 is 27.6 Å². The molecule has 1 aromatic heterocycles. The molecular weight excluding hydrogens is 475 g/mol. The van der Waals surface area contributed by atoms with Crippen molar-refractivity contribution in [1.29, 1.82) is 0 Å². The van der Waals surface area contributed by atoms with Gasteiger partial charge in [-0.05, 0) is 18.2 Å². The first kappa shape index (κ1) is 24.8. The normalized spacial score (nSPS) is 12.3. The van der Waals surface area contributed by atoms with E-state index in [-0.39, 0.29) is 21.8 Å². The molecule has 1 atom stereocenters. The number of nitrogens with one attached hydrogen (secondary N) is 1. The van der Waals surface area contributed by atoms with Gasteiger partial charge in [-0.25, -0.2) is 13.2 Å². The molecule has 0 aliphatic carbocycles. The average molecular weight is 494 g/mol. The number of ether oxygens (including phenoxy) is 1. The molecule has 34 heavy (non-hydrogen) atoms. The molecule has 0 saturated carbocycles. The van der Waals surface area contributed by atoms with Gasteiger partial charge in [0.05, 0.1) is 34.9 Å².